The molecule has 0 unspecified atom stereocenters. The maximum atomic E-state index is 13.2. The predicted octanol–water partition coefficient (Wildman–Crippen LogP) is 7.66. The van der Waals surface area contributed by atoms with Crippen molar-refractivity contribution in [2.45, 2.75) is 63.3 Å². The van der Waals surface area contributed by atoms with E-state index in [0.29, 0.717) is 71.9 Å². The van der Waals surface area contributed by atoms with Gasteiger partial charge in [-0.3, -0.25) is 14.7 Å². The topological polar surface area (TPSA) is 109 Å². The van der Waals surface area contributed by atoms with Crippen LogP contribution in [0.5, 0.6) is 17.2 Å². The van der Waals surface area contributed by atoms with Crippen molar-refractivity contribution in [1.82, 2.24) is 20.5 Å². The van der Waals surface area contributed by atoms with E-state index in [0.717, 1.165) is 52.6 Å². The van der Waals surface area contributed by atoms with E-state index in [-0.39, 0.29) is 37.7 Å². The standard InChI is InChI=1S/C40H39Cl2F2N5O4/c41-33-15-27(20-47-21-28-8-11-38(50)48-28)36(52-22-26-14-25(17-45)18-46-19-26)16-37(33)53-34-10-9-30-29(4-1-5-31(30)34)32-6-2-7-35(39(32)42)51-13-3-12-49-23-40(43,44)24-49/h1-2,4-7,14-16,18-19,28,34,47H,3,8-13,20-24H2,(H,48,50)/t28-,34-/m0/s1. The van der Waals surface area contributed by atoms with Gasteiger partial charge in [-0.1, -0.05) is 53.5 Å². The molecule has 13 heteroatoms. The third-order valence-electron chi connectivity index (χ3n) is 9.75. The molecule has 2 fully saturated rings. The van der Waals surface area contributed by atoms with Crippen LogP contribution in [0.2, 0.25) is 10.0 Å². The van der Waals surface area contributed by atoms with E-state index < -0.39 is 5.92 Å². The number of ether oxygens (including phenoxy) is 3. The van der Waals surface area contributed by atoms with E-state index in [1.54, 1.807) is 17.2 Å². The summed E-state index contributed by atoms with van der Waals surface area (Å²) in [7, 11) is 0. The molecule has 0 saturated carbocycles. The zero-order valence-corrected chi connectivity index (χ0v) is 30.5. The van der Waals surface area contributed by atoms with E-state index in [1.165, 1.54) is 6.20 Å². The lowest BCUT2D eigenvalue weighted by Gasteiger charge is -2.38. The molecule has 1 aliphatic carbocycles. The maximum absolute atomic E-state index is 13.2. The van der Waals surface area contributed by atoms with Gasteiger partial charge in [0, 0.05) is 67.2 Å². The Bertz CT molecular complexity index is 2020. The normalized spacial score (nSPS) is 18.9. The summed E-state index contributed by atoms with van der Waals surface area (Å²) < 4.78 is 45.2. The first-order valence-corrected chi connectivity index (χ1v) is 18.5. The summed E-state index contributed by atoms with van der Waals surface area (Å²) in [6.45, 7) is 1.77. The van der Waals surface area contributed by atoms with Crippen molar-refractivity contribution in [2.24, 2.45) is 0 Å². The van der Waals surface area contributed by atoms with Gasteiger partial charge in [0.15, 0.2) is 0 Å². The monoisotopic (exact) mass is 761 g/mol. The van der Waals surface area contributed by atoms with Gasteiger partial charge in [0.1, 0.15) is 36.0 Å². The van der Waals surface area contributed by atoms with Gasteiger partial charge in [0.2, 0.25) is 5.91 Å². The van der Waals surface area contributed by atoms with Gasteiger partial charge in [0.05, 0.1) is 35.3 Å². The summed E-state index contributed by atoms with van der Waals surface area (Å²) in [6, 6.07) is 19.4. The summed E-state index contributed by atoms with van der Waals surface area (Å²) in [4.78, 5) is 17.5. The van der Waals surface area contributed by atoms with Crippen LogP contribution < -0.4 is 24.8 Å². The fourth-order valence-electron chi connectivity index (χ4n) is 7.15. The molecule has 276 valence electrons. The first-order chi connectivity index (χ1) is 25.7. The minimum Gasteiger partial charge on any atom is -0.492 e. The molecule has 7 rings (SSSR count). The molecule has 3 heterocycles. The minimum absolute atomic E-state index is 0.0633. The van der Waals surface area contributed by atoms with Gasteiger partial charge in [-0.2, -0.15) is 5.26 Å². The highest BCUT2D eigenvalue weighted by molar-refractivity contribution is 6.35. The Morgan fingerprint density at radius 3 is 2.62 bits per heavy atom. The van der Waals surface area contributed by atoms with Crippen LogP contribution in [0.4, 0.5) is 8.78 Å². The first-order valence-electron chi connectivity index (χ1n) is 17.8. The number of nitriles is 1. The molecule has 0 bridgehead atoms. The minimum atomic E-state index is -2.58. The van der Waals surface area contributed by atoms with Crippen LogP contribution in [0.1, 0.15) is 59.6 Å². The molecule has 1 amide bonds. The highest BCUT2D eigenvalue weighted by Crippen LogP contribution is 2.45. The molecule has 2 saturated heterocycles. The third kappa shape index (κ3) is 8.85. The number of nitrogens with one attached hydrogen (secondary N) is 2. The number of rotatable bonds is 15. The number of halogens is 4. The van der Waals surface area contributed by atoms with Crippen LogP contribution >= 0.6 is 23.2 Å². The smallest absolute Gasteiger partial charge is 0.272 e. The van der Waals surface area contributed by atoms with Crippen molar-refractivity contribution < 1.29 is 27.8 Å². The zero-order chi connectivity index (χ0) is 37.0. The highest BCUT2D eigenvalue weighted by atomic mass is 35.5. The highest BCUT2D eigenvalue weighted by Gasteiger charge is 2.43. The fourth-order valence-corrected chi connectivity index (χ4v) is 7.66. The van der Waals surface area contributed by atoms with E-state index in [4.69, 9.17) is 37.4 Å². The molecule has 0 radical (unpaired) electrons. The maximum Gasteiger partial charge on any atom is 0.272 e. The lowest BCUT2D eigenvalue weighted by molar-refractivity contribution is -0.130. The molecule has 2 atom stereocenters. The quantitative estimate of drug-likeness (QED) is 0.119. The number of amides is 1. The van der Waals surface area contributed by atoms with Crippen molar-refractivity contribution in [2.75, 3.05) is 32.8 Å². The zero-order valence-electron chi connectivity index (χ0n) is 29.0. The number of carbonyl (C=O) groups is 1. The molecule has 2 aliphatic heterocycles. The second-order valence-electron chi connectivity index (χ2n) is 13.7. The van der Waals surface area contributed by atoms with Crippen molar-refractivity contribution in [3.63, 3.8) is 0 Å². The van der Waals surface area contributed by atoms with E-state index in [2.05, 4.69) is 27.8 Å². The average molecular weight is 763 g/mol. The van der Waals surface area contributed by atoms with Gasteiger partial charge in [-0.05, 0) is 60.6 Å². The van der Waals surface area contributed by atoms with E-state index in [9.17, 15) is 18.8 Å². The van der Waals surface area contributed by atoms with Gasteiger partial charge in [0.25, 0.3) is 5.92 Å². The number of carbonyl (C=O) groups excluding carboxylic acids is 1. The van der Waals surface area contributed by atoms with Crippen LogP contribution in [-0.4, -0.2) is 60.5 Å². The van der Waals surface area contributed by atoms with Crippen LogP contribution in [0.15, 0.2) is 67.0 Å². The van der Waals surface area contributed by atoms with Crippen LogP contribution in [0, 0.1) is 11.3 Å². The lowest BCUT2D eigenvalue weighted by Crippen LogP contribution is -2.56. The Balaban J connectivity index is 1.06. The van der Waals surface area contributed by atoms with Gasteiger partial charge < -0.3 is 24.8 Å². The van der Waals surface area contributed by atoms with Gasteiger partial charge in [-0.15, -0.1) is 0 Å². The Morgan fingerprint density at radius 1 is 1.00 bits per heavy atom. The number of alkyl halides is 2. The summed E-state index contributed by atoms with van der Waals surface area (Å²) in [5, 5.41) is 16.7. The molecule has 3 aliphatic rings. The molecular formula is C40H39Cl2F2N5O4. The predicted molar refractivity (Wildman–Crippen MR) is 198 cm³/mol. The third-order valence-corrected chi connectivity index (χ3v) is 10.4. The number of benzene rings is 3. The molecule has 9 nitrogen and oxygen atoms in total. The van der Waals surface area contributed by atoms with Crippen LogP contribution in [0.25, 0.3) is 11.1 Å². The summed E-state index contributed by atoms with van der Waals surface area (Å²) in [5.74, 6) is -0.899. The Kier molecular flexibility index (Phi) is 11.3. The molecule has 2 N–H and O–H groups in total. The Morgan fingerprint density at radius 2 is 1.83 bits per heavy atom. The lowest BCUT2D eigenvalue weighted by atomic mass is 9.96. The van der Waals surface area contributed by atoms with Gasteiger partial charge in [-0.25, -0.2) is 8.78 Å². The second kappa shape index (κ2) is 16.3. The molecule has 53 heavy (non-hydrogen) atoms. The Hall–Kier alpha value is -4.47. The van der Waals surface area contributed by atoms with Crippen molar-refractivity contribution in [1.29, 1.82) is 5.26 Å². The molecule has 4 aromatic rings. The molecule has 1 aromatic heterocycles. The van der Waals surface area contributed by atoms with Crippen molar-refractivity contribution in [3.8, 4) is 34.4 Å². The number of pyridine rings is 1. The molecular weight excluding hydrogens is 723 g/mol. The molecule has 3 aromatic carbocycles. The average Bonchev–Trinajstić information content (AvgIpc) is 3.75. The van der Waals surface area contributed by atoms with Crippen molar-refractivity contribution in [3.05, 3.63) is 105 Å². The second-order valence-corrected chi connectivity index (χ2v) is 14.5. The first kappa shape index (κ1) is 36.9. The number of aromatic nitrogens is 1. The largest absolute Gasteiger partial charge is 0.492 e. The fraction of sp³-hybridized carbons (Fsp3) is 0.375. The van der Waals surface area contributed by atoms with E-state index >= 15 is 0 Å². The number of fused-ring (bicyclic) bond motifs is 1. The van der Waals surface area contributed by atoms with E-state index in [1.807, 2.05) is 42.5 Å². The number of hydrogen-bond acceptors (Lipinski definition) is 8. The van der Waals surface area contributed by atoms with Crippen molar-refractivity contribution >= 4 is 29.1 Å². The van der Waals surface area contributed by atoms with Crippen LogP contribution in [-0.2, 0) is 24.4 Å². The Labute approximate surface area is 317 Å². The summed E-state index contributed by atoms with van der Waals surface area (Å²) in [5.41, 5.74) is 6.03. The summed E-state index contributed by atoms with van der Waals surface area (Å²) in [6.07, 6.45) is 6.32. The van der Waals surface area contributed by atoms with Gasteiger partial charge >= 0.3 is 0 Å². The SMILES string of the molecule is N#Cc1cncc(COc2cc(O[C@H]3CCc4c(-c5cccc(OCCCN6CC(F)(F)C6)c5Cl)cccc43)c(Cl)cc2CNC[C@@H]2CCC(=O)N2)c1. The number of nitrogens with zero attached hydrogens (tertiary/aromatic N) is 3. The van der Waals surface area contributed by atoms with Crippen LogP contribution in [0.3, 0.4) is 0 Å². The molecule has 0 spiro atoms. The number of likely N-dealkylation sites (tertiary alicyclic amines) is 1. The number of hydrogen-bond donors (Lipinski definition) is 2. The summed E-state index contributed by atoms with van der Waals surface area (Å²) >= 11 is 13.8.